The number of rotatable bonds is 7. The molecule has 1 aromatic heterocycles. The van der Waals surface area contributed by atoms with Gasteiger partial charge < -0.3 is 15.6 Å². The first kappa shape index (κ1) is 19.5. The van der Waals surface area contributed by atoms with Crippen LogP contribution in [0, 0.1) is 22.6 Å². The number of hydrogen-bond donors (Lipinski definition) is 2. The molecule has 1 aliphatic heterocycles. The molecule has 0 amide bonds. The minimum Gasteiger partial charge on any atom is -0.378 e. The van der Waals surface area contributed by atoms with Gasteiger partial charge in [-0.25, -0.2) is 9.37 Å². The number of aromatic nitrogens is 2. The van der Waals surface area contributed by atoms with Crippen LogP contribution in [0.2, 0.25) is 0 Å². The molecule has 2 aromatic rings. The quantitative estimate of drug-likeness (QED) is 0.435. The maximum atomic E-state index is 13.2. The van der Waals surface area contributed by atoms with E-state index in [0.717, 1.165) is 48.8 Å². The summed E-state index contributed by atoms with van der Waals surface area (Å²) in [6.07, 6.45) is 6.35. The van der Waals surface area contributed by atoms with E-state index in [1.807, 2.05) is 6.07 Å². The van der Waals surface area contributed by atoms with E-state index in [0.29, 0.717) is 6.54 Å². The molecule has 28 heavy (non-hydrogen) atoms. The van der Waals surface area contributed by atoms with E-state index in [9.17, 15) is 4.39 Å². The fraction of sp³-hybridized carbons (Fsp3) is 0.300. The maximum Gasteiger partial charge on any atom is 0.155 e. The highest BCUT2D eigenvalue weighted by Gasteiger charge is 2.21. The molecule has 2 N–H and O–H groups in total. The lowest BCUT2D eigenvalue weighted by atomic mass is 10.1. The number of benzene rings is 1. The van der Waals surface area contributed by atoms with Crippen molar-refractivity contribution in [2.45, 2.75) is 0 Å². The van der Waals surface area contributed by atoms with Crippen molar-refractivity contribution in [1.29, 1.82) is 10.7 Å². The molecule has 1 fully saturated rings. The first-order chi connectivity index (χ1) is 13.7. The lowest BCUT2D eigenvalue weighted by Gasteiger charge is -2.36. The van der Waals surface area contributed by atoms with E-state index >= 15 is 0 Å². The van der Waals surface area contributed by atoms with Gasteiger partial charge in [0.15, 0.2) is 5.82 Å². The molecule has 0 spiro atoms. The molecule has 1 aromatic carbocycles. The molecule has 0 unspecified atom stereocenters. The zero-order valence-corrected chi connectivity index (χ0v) is 15.5. The second-order valence-corrected chi connectivity index (χ2v) is 6.40. The van der Waals surface area contributed by atoms with Gasteiger partial charge in [-0.2, -0.15) is 5.26 Å². The predicted octanol–water partition coefficient (Wildman–Crippen LogP) is 2.05. The summed E-state index contributed by atoms with van der Waals surface area (Å²) in [6, 6.07) is 8.30. The van der Waals surface area contributed by atoms with Crippen LogP contribution in [-0.4, -0.2) is 60.4 Å². The smallest absolute Gasteiger partial charge is 0.155 e. The van der Waals surface area contributed by atoms with Gasteiger partial charge in [0, 0.05) is 63.1 Å². The molecule has 144 valence electrons. The first-order valence-corrected chi connectivity index (χ1v) is 9.05. The number of anilines is 1. The van der Waals surface area contributed by atoms with E-state index < -0.39 is 0 Å². The summed E-state index contributed by atoms with van der Waals surface area (Å²) >= 11 is 0. The van der Waals surface area contributed by atoms with Gasteiger partial charge in [-0.3, -0.25) is 9.88 Å². The van der Waals surface area contributed by atoms with Gasteiger partial charge in [-0.05, 0) is 29.8 Å². The number of halogens is 1. The number of hydrogen-bond acceptors (Lipinski definition) is 7. The maximum absolute atomic E-state index is 13.2. The number of nitriles is 1. The lowest BCUT2D eigenvalue weighted by Crippen LogP contribution is -2.47. The van der Waals surface area contributed by atoms with Gasteiger partial charge in [-0.1, -0.05) is 0 Å². The Bertz CT molecular complexity index is 865. The fourth-order valence-corrected chi connectivity index (χ4v) is 3.11. The normalized spacial score (nSPS) is 15.1. The monoisotopic (exact) mass is 379 g/mol. The summed E-state index contributed by atoms with van der Waals surface area (Å²) in [5, 5.41) is 19.0. The van der Waals surface area contributed by atoms with Crippen molar-refractivity contribution < 1.29 is 4.39 Å². The first-order valence-electron chi connectivity index (χ1n) is 9.05. The average Bonchev–Trinajstić information content (AvgIpc) is 2.74. The summed E-state index contributed by atoms with van der Waals surface area (Å²) in [6.45, 7) is 4.09. The molecule has 3 rings (SSSR count). The molecule has 8 heteroatoms. The molecule has 0 aliphatic carbocycles. The largest absolute Gasteiger partial charge is 0.378 e. The molecule has 7 nitrogen and oxygen atoms in total. The van der Waals surface area contributed by atoms with E-state index in [1.54, 1.807) is 30.7 Å². The van der Waals surface area contributed by atoms with Crippen LogP contribution in [0.1, 0.15) is 0 Å². The second kappa shape index (κ2) is 9.58. The summed E-state index contributed by atoms with van der Waals surface area (Å²) < 4.78 is 13.2. The summed E-state index contributed by atoms with van der Waals surface area (Å²) in [7, 11) is 0. The van der Waals surface area contributed by atoms with Crippen LogP contribution >= 0.6 is 0 Å². The van der Waals surface area contributed by atoms with E-state index in [2.05, 4.69) is 25.1 Å². The molecule has 0 atom stereocenters. The van der Waals surface area contributed by atoms with Crippen LogP contribution in [0.5, 0.6) is 0 Å². The highest BCUT2D eigenvalue weighted by molar-refractivity contribution is 5.76. The molecule has 0 radical (unpaired) electrons. The third kappa shape index (κ3) is 4.90. The van der Waals surface area contributed by atoms with Crippen molar-refractivity contribution in [1.82, 2.24) is 20.2 Å². The van der Waals surface area contributed by atoms with Crippen molar-refractivity contribution >= 4 is 12.0 Å². The Morgan fingerprint density at radius 1 is 1.18 bits per heavy atom. The standard InChI is InChI=1S/C20H22FN7/c21-18-3-1-17(2-4-18)19-20(26-8-7-25-19)28-11-9-27(10-12-28)15-16(13-23)14-24-6-5-22/h1-4,7-8,13-14,23-24H,6,9-12,15H2/b16-14+,23-13?. The Balaban J connectivity index is 1.66. The van der Waals surface area contributed by atoms with E-state index in [4.69, 9.17) is 10.7 Å². The lowest BCUT2D eigenvalue weighted by molar-refractivity contribution is 0.280. The Kier molecular flexibility index (Phi) is 6.65. The summed E-state index contributed by atoms with van der Waals surface area (Å²) in [4.78, 5) is 13.4. The highest BCUT2D eigenvalue weighted by Crippen LogP contribution is 2.27. The van der Waals surface area contributed by atoms with Crippen LogP contribution in [0.25, 0.3) is 11.3 Å². The summed E-state index contributed by atoms with van der Waals surface area (Å²) in [5.41, 5.74) is 2.41. The molecule has 0 saturated carbocycles. The Morgan fingerprint density at radius 2 is 1.89 bits per heavy atom. The predicted molar refractivity (Wildman–Crippen MR) is 107 cm³/mol. The van der Waals surface area contributed by atoms with Gasteiger partial charge in [0.2, 0.25) is 0 Å². The van der Waals surface area contributed by atoms with Crippen LogP contribution < -0.4 is 10.2 Å². The Labute approximate surface area is 163 Å². The zero-order valence-electron chi connectivity index (χ0n) is 15.5. The minimum atomic E-state index is -0.276. The second-order valence-electron chi connectivity index (χ2n) is 6.40. The zero-order chi connectivity index (χ0) is 19.8. The molecular formula is C20H22FN7. The third-order valence-electron chi connectivity index (χ3n) is 4.53. The van der Waals surface area contributed by atoms with Crippen molar-refractivity contribution in [3.05, 3.63) is 54.2 Å². The highest BCUT2D eigenvalue weighted by atomic mass is 19.1. The molecule has 0 bridgehead atoms. The average molecular weight is 379 g/mol. The molecular weight excluding hydrogens is 357 g/mol. The van der Waals surface area contributed by atoms with Gasteiger partial charge >= 0.3 is 0 Å². The van der Waals surface area contributed by atoms with Gasteiger partial charge in [-0.15, -0.1) is 0 Å². The van der Waals surface area contributed by atoms with Crippen LogP contribution in [-0.2, 0) is 0 Å². The summed E-state index contributed by atoms with van der Waals surface area (Å²) in [5.74, 6) is 0.523. The van der Waals surface area contributed by atoms with Crippen molar-refractivity contribution in [3.63, 3.8) is 0 Å². The Morgan fingerprint density at radius 3 is 2.57 bits per heavy atom. The van der Waals surface area contributed by atoms with Crippen LogP contribution in [0.3, 0.4) is 0 Å². The fourth-order valence-electron chi connectivity index (χ4n) is 3.11. The Hall–Kier alpha value is -3.31. The van der Waals surface area contributed by atoms with Gasteiger partial charge in [0.25, 0.3) is 0 Å². The van der Waals surface area contributed by atoms with Crippen LogP contribution in [0.4, 0.5) is 10.2 Å². The minimum absolute atomic E-state index is 0.226. The van der Waals surface area contributed by atoms with Crippen molar-refractivity contribution in [2.75, 3.05) is 44.2 Å². The molecule has 2 heterocycles. The van der Waals surface area contributed by atoms with Gasteiger partial charge in [0.05, 0.1) is 6.07 Å². The number of nitrogens with one attached hydrogen (secondary N) is 2. The molecule has 1 aliphatic rings. The van der Waals surface area contributed by atoms with Crippen LogP contribution in [0.15, 0.2) is 48.4 Å². The molecule has 1 saturated heterocycles. The topological polar surface area (TPSA) is 91.9 Å². The number of piperazine rings is 1. The van der Waals surface area contributed by atoms with Crippen molar-refractivity contribution in [2.24, 2.45) is 0 Å². The van der Waals surface area contributed by atoms with E-state index in [1.165, 1.54) is 18.3 Å². The van der Waals surface area contributed by atoms with Gasteiger partial charge in [0.1, 0.15) is 18.1 Å². The SMILES string of the molecule is N#CCN/C=C(\C=N)CN1CCN(c2nccnc2-c2ccc(F)cc2)CC1. The third-order valence-corrected chi connectivity index (χ3v) is 4.53. The number of nitrogens with zero attached hydrogens (tertiary/aromatic N) is 5. The van der Waals surface area contributed by atoms with E-state index in [-0.39, 0.29) is 12.4 Å². The van der Waals surface area contributed by atoms with Crippen molar-refractivity contribution in [3.8, 4) is 17.3 Å².